The van der Waals surface area contributed by atoms with Crippen LogP contribution in [0.4, 0.5) is 4.79 Å². The Morgan fingerprint density at radius 2 is 1.68 bits per heavy atom. The van der Waals surface area contributed by atoms with Crippen molar-refractivity contribution in [3.8, 4) is 0 Å². The number of nitrogens with one attached hydrogen (secondary N) is 1. The highest BCUT2D eigenvalue weighted by atomic mass is 16.2. The van der Waals surface area contributed by atoms with Gasteiger partial charge in [-0.1, -0.05) is 0 Å². The average molecular weight is 268 g/mol. The van der Waals surface area contributed by atoms with Crippen LogP contribution in [-0.2, 0) is 4.79 Å². The molecular weight excluding hydrogens is 244 g/mol. The normalized spacial score (nSPS) is 22.6. The molecule has 1 unspecified atom stereocenters. The van der Waals surface area contributed by atoms with Gasteiger partial charge in [-0.3, -0.25) is 4.79 Å². The van der Waals surface area contributed by atoms with Crippen LogP contribution >= 0.6 is 0 Å². The monoisotopic (exact) mass is 268 g/mol. The van der Waals surface area contributed by atoms with Gasteiger partial charge in [0, 0.05) is 32.2 Å². The highest BCUT2D eigenvalue weighted by Crippen LogP contribution is 2.13. The zero-order valence-corrected chi connectivity index (χ0v) is 11.6. The van der Waals surface area contributed by atoms with E-state index in [1.54, 1.807) is 4.90 Å². The molecule has 0 aliphatic carbocycles. The SMILES string of the molecule is CC(NC1CCN(C(N)=O)CC1)C(=O)N1CCCC1. The summed E-state index contributed by atoms with van der Waals surface area (Å²) in [7, 11) is 0. The fourth-order valence-corrected chi connectivity index (χ4v) is 2.90. The van der Waals surface area contributed by atoms with Crippen molar-refractivity contribution in [1.29, 1.82) is 0 Å². The zero-order chi connectivity index (χ0) is 13.8. The number of carbonyl (C=O) groups excluding carboxylic acids is 2. The molecule has 2 fully saturated rings. The predicted molar refractivity (Wildman–Crippen MR) is 72.6 cm³/mol. The molecule has 0 aromatic carbocycles. The van der Waals surface area contributed by atoms with E-state index >= 15 is 0 Å². The van der Waals surface area contributed by atoms with Gasteiger partial charge >= 0.3 is 6.03 Å². The van der Waals surface area contributed by atoms with E-state index in [9.17, 15) is 9.59 Å². The molecule has 2 saturated heterocycles. The van der Waals surface area contributed by atoms with E-state index in [1.165, 1.54) is 0 Å². The van der Waals surface area contributed by atoms with E-state index in [-0.39, 0.29) is 18.0 Å². The summed E-state index contributed by atoms with van der Waals surface area (Å²) in [5.41, 5.74) is 5.25. The van der Waals surface area contributed by atoms with Gasteiger partial charge in [-0.2, -0.15) is 0 Å². The molecule has 19 heavy (non-hydrogen) atoms. The standard InChI is InChI=1S/C13H24N4O2/c1-10(12(18)16-6-2-3-7-16)15-11-4-8-17(9-5-11)13(14)19/h10-11,15H,2-9H2,1H3,(H2,14,19). The van der Waals surface area contributed by atoms with Crippen LogP contribution in [0.1, 0.15) is 32.6 Å². The smallest absolute Gasteiger partial charge is 0.314 e. The molecule has 108 valence electrons. The highest BCUT2D eigenvalue weighted by molar-refractivity contribution is 5.81. The van der Waals surface area contributed by atoms with Crippen molar-refractivity contribution in [1.82, 2.24) is 15.1 Å². The van der Waals surface area contributed by atoms with Crippen LogP contribution in [0.5, 0.6) is 0 Å². The summed E-state index contributed by atoms with van der Waals surface area (Å²) in [6.07, 6.45) is 3.96. The molecule has 0 bridgehead atoms. The van der Waals surface area contributed by atoms with Crippen molar-refractivity contribution >= 4 is 11.9 Å². The average Bonchev–Trinajstić information content (AvgIpc) is 2.92. The van der Waals surface area contributed by atoms with Gasteiger partial charge in [0.2, 0.25) is 5.91 Å². The number of likely N-dealkylation sites (tertiary alicyclic amines) is 2. The Morgan fingerprint density at radius 1 is 1.11 bits per heavy atom. The lowest BCUT2D eigenvalue weighted by Crippen LogP contribution is -2.52. The Morgan fingerprint density at radius 3 is 2.21 bits per heavy atom. The van der Waals surface area contributed by atoms with Crippen molar-refractivity contribution < 1.29 is 9.59 Å². The lowest BCUT2D eigenvalue weighted by molar-refractivity contribution is -0.132. The first-order chi connectivity index (χ1) is 9.08. The summed E-state index contributed by atoms with van der Waals surface area (Å²) in [5.74, 6) is 0.204. The minimum atomic E-state index is -0.348. The minimum absolute atomic E-state index is 0.136. The molecular formula is C13H24N4O2. The van der Waals surface area contributed by atoms with Gasteiger partial charge in [-0.25, -0.2) is 4.79 Å². The van der Waals surface area contributed by atoms with Gasteiger partial charge in [0.15, 0.2) is 0 Å². The van der Waals surface area contributed by atoms with Crippen molar-refractivity contribution in [2.45, 2.75) is 44.7 Å². The van der Waals surface area contributed by atoms with Crippen molar-refractivity contribution in [3.05, 3.63) is 0 Å². The van der Waals surface area contributed by atoms with Crippen LogP contribution in [0.15, 0.2) is 0 Å². The first-order valence-corrected chi connectivity index (χ1v) is 7.17. The number of piperidine rings is 1. The van der Waals surface area contributed by atoms with E-state index < -0.39 is 0 Å². The molecule has 0 spiro atoms. The number of hydrogen-bond acceptors (Lipinski definition) is 3. The predicted octanol–water partition coefficient (Wildman–Crippen LogP) is 0.130. The molecule has 3 N–H and O–H groups in total. The molecule has 6 heteroatoms. The lowest BCUT2D eigenvalue weighted by Gasteiger charge is -2.33. The molecule has 0 aromatic rings. The van der Waals surface area contributed by atoms with Gasteiger partial charge in [-0.05, 0) is 32.6 Å². The van der Waals surface area contributed by atoms with E-state index in [0.717, 1.165) is 38.8 Å². The van der Waals surface area contributed by atoms with Gasteiger partial charge in [-0.15, -0.1) is 0 Å². The first-order valence-electron chi connectivity index (χ1n) is 7.17. The number of nitrogens with zero attached hydrogens (tertiary/aromatic N) is 2. The number of primary amides is 1. The lowest BCUT2D eigenvalue weighted by atomic mass is 10.0. The molecule has 0 radical (unpaired) electrons. The zero-order valence-electron chi connectivity index (χ0n) is 11.6. The fourth-order valence-electron chi connectivity index (χ4n) is 2.90. The fraction of sp³-hybridized carbons (Fsp3) is 0.846. The third-order valence-corrected chi connectivity index (χ3v) is 4.08. The van der Waals surface area contributed by atoms with E-state index in [4.69, 9.17) is 5.73 Å². The Balaban J connectivity index is 1.75. The van der Waals surface area contributed by atoms with Crippen LogP contribution in [0.25, 0.3) is 0 Å². The van der Waals surface area contributed by atoms with E-state index in [2.05, 4.69) is 5.32 Å². The maximum absolute atomic E-state index is 12.2. The third kappa shape index (κ3) is 3.59. The number of amides is 3. The molecule has 2 aliphatic heterocycles. The summed E-state index contributed by atoms with van der Waals surface area (Å²) in [6.45, 7) is 5.08. The maximum atomic E-state index is 12.2. The number of urea groups is 1. The molecule has 0 saturated carbocycles. The van der Waals surface area contributed by atoms with E-state index in [0.29, 0.717) is 19.1 Å². The van der Waals surface area contributed by atoms with Crippen LogP contribution in [-0.4, -0.2) is 60.0 Å². The topological polar surface area (TPSA) is 78.7 Å². The van der Waals surface area contributed by atoms with Gasteiger partial charge in [0.1, 0.15) is 0 Å². The Bertz CT molecular complexity index is 334. The Labute approximate surface area is 114 Å². The minimum Gasteiger partial charge on any atom is -0.351 e. The van der Waals surface area contributed by atoms with Crippen LogP contribution < -0.4 is 11.1 Å². The summed E-state index contributed by atoms with van der Waals surface area (Å²) in [5, 5.41) is 3.38. The molecule has 1 atom stereocenters. The molecule has 2 heterocycles. The van der Waals surface area contributed by atoms with Crippen molar-refractivity contribution in [2.75, 3.05) is 26.2 Å². The second-order valence-corrected chi connectivity index (χ2v) is 5.52. The molecule has 3 amide bonds. The largest absolute Gasteiger partial charge is 0.351 e. The van der Waals surface area contributed by atoms with Gasteiger partial charge in [0.05, 0.1) is 6.04 Å². The summed E-state index contributed by atoms with van der Waals surface area (Å²) in [4.78, 5) is 26.8. The molecule has 0 aromatic heterocycles. The second-order valence-electron chi connectivity index (χ2n) is 5.52. The van der Waals surface area contributed by atoms with Gasteiger partial charge in [0.25, 0.3) is 0 Å². The molecule has 6 nitrogen and oxygen atoms in total. The number of carbonyl (C=O) groups is 2. The second kappa shape index (κ2) is 6.23. The highest BCUT2D eigenvalue weighted by Gasteiger charge is 2.27. The van der Waals surface area contributed by atoms with Crippen molar-refractivity contribution in [2.24, 2.45) is 5.73 Å². The summed E-state index contributed by atoms with van der Waals surface area (Å²) >= 11 is 0. The van der Waals surface area contributed by atoms with Gasteiger partial charge < -0.3 is 20.9 Å². The summed E-state index contributed by atoms with van der Waals surface area (Å²) < 4.78 is 0. The quantitative estimate of drug-likeness (QED) is 0.763. The Hall–Kier alpha value is -1.30. The maximum Gasteiger partial charge on any atom is 0.314 e. The van der Waals surface area contributed by atoms with Crippen LogP contribution in [0.2, 0.25) is 0 Å². The van der Waals surface area contributed by atoms with Crippen molar-refractivity contribution in [3.63, 3.8) is 0 Å². The Kier molecular flexibility index (Phi) is 4.63. The number of nitrogens with two attached hydrogens (primary N) is 1. The van der Waals surface area contributed by atoms with E-state index in [1.807, 2.05) is 11.8 Å². The molecule has 2 aliphatic rings. The van der Waals surface area contributed by atoms with Crippen LogP contribution in [0, 0.1) is 0 Å². The first kappa shape index (κ1) is 14.1. The van der Waals surface area contributed by atoms with Crippen LogP contribution in [0.3, 0.4) is 0 Å². The summed E-state index contributed by atoms with van der Waals surface area (Å²) in [6, 6.07) is -0.181. The number of hydrogen-bond donors (Lipinski definition) is 2. The third-order valence-electron chi connectivity index (χ3n) is 4.08. The molecule has 2 rings (SSSR count). The number of rotatable bonds is 3.